The standard InChI is InChI=1S/C16H18N6O/c1-20-15-6-5-12(10-14(15)18-19-20)16(23)22-9-2-4-13(22)11-21-8-3-7-17-21/h3,5-8,10,13H,2,4,9,11H2,1H3/t13-/m1/s1. The van der Waals surface area contributed by atoms with Crippen molar-refractivity contribution in [3.8, 4) is 0 Å². The molecule has 2 aromatic heterocycles. The Bertz CT molecular complexity index is 838. The van der Waals surface area contributed by atoms with Gasteiger partial charge in [0.1, 0.15) is 5.52 Å². The Balaban J connectivity index is 1.58. The van der Waals surface area contributed by atoms with Crippen LogP contribution in [0.1, 0.15) is 23.2 Å². The summed E-state index contributed by atoms with van der Waals surface area (Å²) in [4.78, 5) is 14.8. The molecule has 0 bridgehead atoms. The first-order chi connectivity index (χ1) is 11.2. The van der Waals surface area contributed by atoms with Crippen LogP contribution in [0.4, 0.5) is 0 Å². The van der Waals surface area contributed by atoms with E-state index in [1.807, 2.05) is 47.1 Å². The minimum Gasteiger partial charge on any atom is -0.334 e. The molecule has 1 fully saturated rings. The molecule has 4 rings (SSSR count). The zero-order chi connectivity index (χ0) is 15.8. The van der Waals surface area contributed by atoms with Crippen LogP contribution in [0.3, 0.4) is 0 Å². The van der Waals surface area contributed by atoms with E-state index >= 15 is 0 Å². The Morgan fingerprint density at radius 3 is 3.13 bits per heavy atom. The van der Waals surface area contributed by atoms with Crippen molar-refractivity contribution < 1.29 is 4.79 Å². The maximum absolute atomic E-state index is 12.9. The fourth-order valence-corrected chi connectivity index (χ4v) is 3.26. The first-order valence-electron chi connectivity index (χ1n) is 7.80. The highest BCUT2D eigenvalue weighted by Gasteiger charge is 2.30. The average Bonchev–Trinajstić information content (AvgIpc) is 3.29. The lowest BCUT2D eigenvalue weighted by atomic mass is 10.1. The number of hydrogen-bond donors (Lipinski definition) is 0. The molecular formula is C16H18N6O. The largest absolute Gasteiger partial charge is 0.334 e. The summed E-state index contributed by atoms with van der Waals surface area (Å²) < 4.78 is 3.60. The van der Waals surface area contributed by atoms with Crippen LogP contribution in [-0.2, 0) is 13.6 Å². The highest BCUT2D eigenvalue weighted by atomic mass is 16.2. The third-order valence-corrected chi connectivity index (χ3v) is 4.45. The first-order valence-corrected chi connectivity index (χ1v) is 7.80. The number of carbonyl (C=O) groups is 1. The molecule has 3 heterocycles. The van der Waals surface area contributed by atoms with Crippen molar-refractivity contribution in [2.45, 2.75) is 25.4 Å². The molecule has 1 saturated heterocycles. The van der Waals surface area contributed by atoms with Crippen LogP contribution in [0.25, 0.3) is 11.0 Å². The predicted molar refractivity (Wildman–Crippen MR) is 84.8 cm³/mol. The lowest BCUT2D eigenvalue weighted by Crippen LogP contribution is -2.38. The van der Waals surface area contributed by atoms with Gasteiger partial charge in [0.2, 0.25) is 0 Å². The lowest BCUT2D eigenvalue weighted by Gasteiger charge is -2.24. The summed E-state index contributed by atoms with van der Waals surface area (Å²) in [6.07, 6.45) is 5.75. The van der Waals surface area contributed by atoms with E-state index < -0.39 is 0 Å². The van der Waals surface area contributed by atoms with E-state index in [1.165, 1.54) is 0 Å². The summed E-state index contributed by atoms with van der Waals surface area (Å²) >= 11 is 0. The van der Waals surface area contributed by atoms with Gasteiger partial charge in [-0.15, -0.1) is 5.10 Å². The van der Waals surface area contributed by atoms with Crippen LogP contribution in [-0.4, -0.2) is 48.2 Å². The number of hydrogen-bond acceptors (Lipinski definition) is 4. The highest BCUT2D eigenvalue weighted by molar-refractivity contribution is 5.97. The zero-order valence-corrected chi connectivity index (χ0v) is 13.0. The second-order valence-electron chi connectivity index (χ2n) is 5.94. The number of amides is 1. The minimum atomic E-state index is 0.0622. The van der Waals surface area contributed by atoms with Crippen LogP contribution >= 0.6 is 0 Å². The number of benzene rings is 1. The van der Waals surface area contributed by atoms with Gasteiger partial charge in [-0.25, -0.2) is 4.68 Å². The topological polar surface area (TPSA) is 68.8 Å². The second-order valence-corrected chi connectivity index (χ2v) is 5.94. The molecular weight excluding hydrogens is 292 g/mol. The Hall–Kier alpha value is -2.70. The van der Waals surface area contributed by atoms with Gasteiger partial charge in [-0.3, -0.25) is 9.48 Å². The number of carbonyl (C=O) groups excluding carboxylic acids is 1. The predicted octanol–water partition coefficient (Wildman–Crippen LogP) is 1.47. The van der Waals surface area contributed by atoms with E-state index in [0.29, 0.717) is 5.56 Å². The van der Waals surface area contributed by atoms with Gasteiger partial charge in [0, 0.05) is 31.5 Å². The van der Waals surface area contributed by atoms with Crippen molar-refractivity contribution in [1.29, 1.82) is 0 Å². The molecule has 1 aliphatic heterocycles. The van der Waals surface area contributed by atoms with Gasteiger partial charge in [-0.2, -0.15) is 5.10 Å². The first kappa shape index (κ1) is 13.9. The monoisotopic (exact) mass is 310 g/mol. The Morgan fingerprint density at radius 2 is 2.30 bits per heavy atom. The Labute approximate surface area is 133 Å². The van der Waals surface area contributed by atoms with Gasteiger partial charge >= 0.3 is 0 Å². The van der Waals surface area contributed by atoms with E-state index in [0.717, 1.165) is 37.0 Å². The average molecular weight is 310 g/mol. The van der Waals surface area contributed by atoms with Crippen molar-refractivity contribution in [3.63, 3.8) is 0 Å². The summed E-state index contributed by atoms with van der Waals surface area (Å²) in [6.45, 7) is 1.54. The van der Waals surface area contributed by atoms with Crippen LogP contribution in [0.2, 0.25) is 0 Å². The van der Waals surface area contributed by atoms with Crippen molar-refractivity contribution >= 4 is 16.9 Å². The Kier molecular flexibility index (Phi) is 3.33. The second kappa shape index (κ2) is 5.49. The van der Waals surface area contributed by atoms with Crippen LogP contribution in [0.15, 0.2) is 36.7 Å². The molecule has 118 valence electrons. The third kappa shape index (κ3) is 2.48. The molecule has 23 heavy (non-hydrogen) atoms. The fourth-order valence-electron chi connectivity index (χ4n) is 3.26. The molecule has 0 unspecified atom stereocenters. The van der Waals surface area contributed by atoms with Crippen molar-refractivity contribution in [2.75, 3.05) is 6.54 Å². The highest BCUT2D eigenvalue weighted by Crippen LogP contribution is 2.22. The lowest BCUT2D eigenvalue weighted by molar-refractivity contribution is 0.0722. The summed E-state index contributed by atoms with van der Waals surface area (Å²) in [5.41, 5.74) is 2.35. The maximum Gasteiger partial charge on any atom is 0.254 e. The van der Waals surface area contributed by atoms with Crippen LogP contribution in [0.5, 0.6) is 0 Å². The molecule has 1 atom stereocenters. The molecule has 7 nitrogen and oxygen atoms in total. The van der Waals surface area contributed by atoms with E-state index in [-0.39, 0.29) is 11.9 Å². The van der Waals surface area contributed by atoms with E-state index in [4.69, 9.17) is 0 Å². The van der Waals surface area contributed by atoms with Gasteiger partial charge in [-0.1, -0.05) is 5.21 Å². The normalized spacial score (nSPS) is 18.0. The van der Waals surface area contributed by atoms with Crippen LogP contribution < -0.4 is 0 Å². The number of likely N-dealkylation sites (tertiary alicyclic amines) is 1. The summed E-state index contributed by atoms with van der Waals surface area (Å²) in [5.74, 6) is 0.0622. The van der Waals surface area contributed by atoms with Gasteiger partial charge in [0.05, 0.1) is 18.1 Å². The smallest absolute Gasteiger partial charge is 0.254 e. The zero-order valence-electron chi connectivity index (χ0n) is 13.0. The molecule has 0 N–H and O–H groups in total. The Morgan fingerprint density at radius 1 is 1.39 bits per heavy atom. The molecule has 3 aromatic rings. The number of nitrogens with zero attached hydrogens (tertiary/aromatic N) is 6. The number of aryl methyl sites for hydroxylation is 1. The van der Waals surface area contributed by atoms with Gasteiger partial charge in [0.25, 0.3) is 5.91 Å². The molecule has 7 heteroatoms. The van der Waals surface area contributed by atoms with Crippen molar-refractivity contribution in [3.05, 3.63) is 42.2 Å². The molecule has 0 radical (unpaired) electrons. The molecule has 0 aliphatic carbocycles. The SMILES string of the molecule is Cn1nnc2cc(C(=O)N3CCC[C@@H]3Cn3cccn3)ccc21. The van der Waals surface area contributed by atoms with Crippen molar-refractivity contribution in [2.24, 2.45) is 7.05 Å². The summed E-state index contributed by atoms with van der Waals surface area (Å²) in [7, 11) is 1.84. The molecule has 0 saturated carbocycles. The number of fused-ring (bicyclic) bond motifs is 1. The van der Waals surface area contributed by atoms with Gasteiger partial charge < -0.3 is 4.90 Å². The van der Waals surface area contributed by atoms with Crippen molar-refractivity contribution in [1.82, 2.24) is 29.7 Å². The molecule has 0 spiro atoms. The molecule has 1 aromatic carbocycles. The van der Waals surface area contributed by atoms with Gasteiger partial charge in [0.15, 0.2) is 0 Å². The maximum atomic E-state index is 12.9. The quantitative estimate of drug-likeness (QED) is 0.734. The summed E-state index contributed by atoms with van der Waals surface area (Å²) in [6, 6.07) is 7.69. The molecule has 1 aliphatic rings. The third-order valence-electron chi connectivity index (χ3n) is 4.45. The van der Waals surface area contributed by atoms with Gasteiger partial charge in [-0.05, 0) is 37.1 Å². The minimum absolute atomic E-state index is 0.0622. The molecule has 1 amide bonds. The number of rotatable bonds is 3. The summed E-state index contributed by atoms with van der Waals surface area (Å²) in [5, 5.41) is 12.3. The van der Waals surface area contributed by atoms with E-state index in [2.05, 4.69) is 15.4 Å². The fraction of sp³-hybridized carbons (Fsp3) is 0.375. The van der Waals surface area contributed by atoms with E-state index in [1.54, 1.807) is 10.9 Å². The van der Waals surface area contributed by atoms with E-state index in [9.17, 15) is 4.79 Å². The van der Waals surface area contributed by atoms with Crippen LogP contribution in [0, 0.1) is 0 Å². The number of aromatic nitrogens is 5.